The van der Waals surface area contributed by atoms with Gasteiger partial charge in [0.05, 0.1) is 11.0 Å². The third-order valence-electron chi connectivity index (χ3n) is 2.40. The Bertz CT molecular complexity index is 532. The minimum absolute atomic E-state index is 0.0343. The Morgan fingerprint density at radius 3 is 2.95 bits per heavy atom. The summed E-state index contributed by atoms with van der Waals surface area (Å²) in [5.74, 6) is -1.34. The molecule has 19 heavy (non-hydrogen) atoms. The Morgan fingerprint density at radius 2 is 2.32 bits per heavy atom. The maximum atomic E-state index is 13.4. The molecule has 0 N–H and O–H groups in total. The van der Waals surface area contributed by atoms with Crippen LogP contribution in [0.4, 0.5) is 10.1 Å². The summed E-state index contributed by atoms with van der Waals surface area (Å²) in [7, 11) is 0. The minimum atomic E-state index is -1.01. The number of hydrogen-bond donors (Lipinski definition) is 0. The van der Waals surface area contributed by atoms with E-state index in [0.29, 0.717) is 0 Å². The van der Waals surface area contributed by atoms with Crippen LogP contribution < -0.4 is 9.47 Å². The van der Waals surface area contributed by atoms with Gasteiger partial charge in [-0.3, -0.25) is 14.9 Å². The van der Waals surface area contributed by atoms with Crippen molar-refractivity contribution in [3.05, 3.63) is 28.1 Å². The molecule has 1 atom stereocenters. The number of esters is 1. The van der Waals surface area contributed by atoms with Crippen LogP contribution in [0.15, 0.2) is 12.1 Å². The summed E-state index contributed by atoms with van der Waals surface area (Å²) >= 11 is 0. The van der Waals surface area contributed by atoms with Gasteiger partial charge in [-0.25, -0.2) is 0 Å². The molecule has 1 aliphatic heterocycles. The lowest BCUT2D eigenvalue weighted by Gasteiger charge is -2.25. The second-order valence-corrected chi connectivity index (χ2v) is 3.86. The second kappa shape index (κ2) is 5.09. The SMILES string of the molecule is CC(=O)OCC1COc2cc([N+](=O)[O-])c(F)cc2O1. The molecule has 0 radical (unpaired) electrons. The first kappa shape index (κ1) is 13.1. The number of fused-ring (bicyclic) bond motifs is 1. The standard InChI is InChI=1S/C11H10FNO6/c1-6(14)17-4-7-5-18-10-3-9(13(15)16)8(12)2-11(10)19-7/h2-3,7H,4-5H2,1H3. The summed E-state index contributed by atoms with van der Waals surface area (Å²) in [4.78, 5) is 20.4. The van der Waals surface area contributed by atoms with E-state index in [1.54, 1.807) is 0 Å². The number of benzene rings is 1. The van der Waals surface area contributed by atoms with Crippen molar-refractivity contribution in [2.45, 2.75) is 13.0 Å². The topological polar surface area (TPSA) is 87.9 Å². The van der Waals surface area contributed by atoms with E-state index in [0.717, 1.165) is 12.1 Å². The molecule has 1 aromatic carbocycles. The van der Waals surface area contributed by atoms with Crippen LogP contribution >= 0.6 is 0 Å². The highest BCUT2D eigenvalue weighted by Crippen LogP contribution is 2.36. The average molecular weight is 271 g/mol. The normalized spacial score (nSPS) is 16.8. The van der Waals surface area contributed by atoms with Crippen molar-refractivity contribution in [1.82, 2.24) is 0 Å². The van der Waals surface area contributed by atoms with Crippen LogP contribution in [0.2, 0.25) is 0 Å². The van der Waals surface area contributed by atoms with E-state index in [2.05, 4.69) is 0 Å². The van der Waals surface area contributed by atoms with Crippen molar-refractivity contribution in [1.29, 1.82) is 0 Å². The Hall–Kier alpha value is -2.38. The van der Waals surface area contributed by atoms with Gasteiger partial charge in [0.2, 0.25) is 5.82 Å². The fourth-order valence-electron chi connectivity index (χ4n) is 1.56. The Labute approximate surface area is 107 Å². The fourth-order valence-corrected chi connectivity index (χ4v) is 1.56. The second-order valence-electron chi connectivity index (χ2n) is 3.86. The number of nitro benzene ring substituents is 1. The molecule has 0 saturated heterocycles. The van der Waals surface area contributed by atoms with Crippen LogP contribution in [0.3, 0.4) is 0 Å². The molecule has 1 aromatic rings. The van der Waals surface area contributed by atoms with Crippen molar-refractivity contribution in [2.24, 2.45) is 0 Å². The maximum Gasteiger partial charge on any atom is 0.308 e. The Kier molecular flexibility index (Phi) is 3.50. The number of carbonyl (C=O) groups excluding carboxylic acids is 1. The zero-order chi connectivity index (χ0) is 14.0. The lowest BCUT2D eigenvalue weighted by Crippen LogP contribution is -2.34. The number of rotatable bonds is 3. The third kappa shape index (κ3) is 2.90. The van der Waals surface area contributed by atoms with E-state index < -0.39 is 28.5 Å². The highest BCUT2D eigenvalue weighted by Gasteiger charge is 2.27. The molecule has 0 amide bonds. The van der Waals surface area contributed by atoms with E-state index in [-0.39, 0.29) is 24.7 Å². The molecular weight excluding hydrogens is 261 g/mol. The molecule has 1 aliphatic rings. The molecule has 1 heterocycles. The number of ether oxygens (including phenoxy) is 3. The first-order valence-corrected chi connectivity index (χ1v) is 5.38. The van der Waals surface area contributed by atoms with Gasteiger partial charge in [-0.05, 0) is 0 Å². The highest BCUT2D eigenvalue weighted by molar-refractivity contribution is 5.65. The summed E-state index contributed by atoms with van der Waals surface area (Å²) in [5.41, 5.74) is -0.680. The first-order chi connectivity index (χ1) is 8.97. The number of carbonyl (C=O) groups is 1. The zero-order valence-electron chi connectivity index (χ0n) is 9.92. The molecule has 2 rings (SSSR count). The summed E-state index contributed by atoms with van der Waals surface area (Å²) < 4.78 is 28.7. The van der Waals surface area contributed by atoms with E-state index in [9.17, 15) is 19.3 Å². The van der Waals surface area contributed by atoms with Gasteiger partial charge in [-0.1, -0.05) is 0 Å². The third-order valence-corrected chi connectivity index (χ3v) is 2.40. The van der Waals surface area contributed by atoms with Gasteiger partial charge in [-0.2, -0.15) is 4.39 Å². The predicted octanol–water partition coefficient (Wildman–Crippen LogP) is 1.44. The van der Waals surface area contributed by atoms with Crippen LogP contribution in [0, 0.1) is 15.9 Å². The molecule has 8 heteroatoms. The van der Waals surface area contributed by atoms with Crippen molar-refractivity contribution in [2.75, 3.05) is 13.2 Å². The molecule has 0 saturated carbocycles. The van der Waals surface area contributed by atoms with Gasteiger partial charge in [0.25, 0.3) is 0 Å². The fraction of sp³-hybridized carbons (Fsp3) is 0.364. The smallest absolute Gasteiger partial charge is 0.308 e. The Morgan fingerprint density at radius 1 is 1.58 bits per heavy atom. The van der Waals surface area contributed by atoms with Crippen molar-refractivity contribution in [3.63, 3.8) is 0 Å². The molecule has 102 valence electrons. The van der Waals surface area contributed by atoms with Crippen LogP contribution in [-0.4, -0.2) is 30.2 Å². The molecule has 0 fully saturated rings. The lowest BCUT2D eigenvalue weighted by molar-refractivity contribution is -0.387. The lowest BCUT2D eigenvalue weighted by atomic mass is 10.2. The van der Waals surface area contributed by atoms with Crippen LogP contribution in [-0.2, 0) is 9.53 Å². The van der Waals surface area contributed by atoms with Crippen LogP contribution in [0.5, 0.6) is 11.5 Å². The van der Waals surface area contributed by atoms with Crippen molar-refractivity contribution < 1.29 is 28.3 Å². The van der Waals surface area contributed by atoms with Crippen molar-refractivity contribution >= 4 is 11.7 Å². The van der Waals surface area contributed by atoms with E-state index >= 15 is 0 Å². The highest BCUT2D eigenvalue weighted by atomic mass is 19.1. The van der Waals surface area contributed by atoms with Gasteiger partial charge in [0, 0.05) is 13.0 Å². The molecule has 0 aromatic heterocycles. The van der Waals surface area contributed by atoms with E-state index in [1.807, 2.05) is 0 Å². The van der Waals surface area contributed by atoms with Gasteiger partial charge in [-0.15, -0.1) is 0 Å². The number of hydrogen-bond acceptors (Lipinski definition) is 6. The average Bonchev–Trinajstić information content (AvgIpc) is 2.34. The summed E-state index contributed by atoms with van der Waals surface area (Å²) in [5, 5.41) is 10.6. The summed E-state index contributed by atoms with van der Waals surface area (Å²) in [6.45, 7) is 1.27. The zero-order valence-corrected chi connectivity index (χ0v) is 9.92. The number of halogens is 1. The van der Waals surface area contributed by atoms with E-state index in [4.69, 9.17) is 14.2 Å². The largest absolute Gasteiger partial charge is 0.485 e. The van der Waals surface area contributed by atoms with Crippen molar-refractivity contribution in [3.8, 4) is 11.5 Å². The minimum Gasteiger partial charge on any atom is -0.485 e. The molecule has 0 spiro atoms. The van der Waals surface area contributed by atoms with E-state index in [1.165, 1.54) is 6.92 Å². The summed E-state index contributed by atoms with van der Waals surface area (Å²) in [6, 6.07) is 1.85. The Balaban J connectivity index is 2.15. The molecule has 0 aliphatic carbocycles. The van der Waals surface area contributed by atoms with Gasteiger partial charge >= 0.3 is 11.7 Å². The number of nitrogens with zero attached hydrogens (tertiary/aromatic N) is 1. The number of nitro groups is 1. The van der Waals surface area contributed by atoms with Crippen LogP contribution in [0.25, 0.3) is 0 Å². The summed E-state index contributed by atoms with van der Waals surface area (Å²) in [6.07, 6.45) is -0.572. The van der Waals surface area contributed by atoms with Gasteiger partial charge < -0.3 is 14.2 Å². The molecule has 0 bridgehead atoms. The van der Waals surface area contributed by atoms with Gasteiger partial charge in [0.1, 0.15) is 13.2 Å². The van der Waals surface area contributed by atoms with Gasteiger partial charge in [0.15, 0.2) is 17.6 Å². The quantitative estimate of drug-likeness (QED) is 0.469. The predicted molar refractivity (Wildman–Crippen MR) is 59.6 cm³/mol. The molecule has 7 nitrogen and oxygen atoms in total. The molecule has 1 unspecified atom stereocenters. The first-order valence-electron chi connectivity index (χ1n) is 5.38. The van der Waals surface area contributed by atoms with Crippen LogP contribution in [0.1, 0.15) is 6.92 Å². The molecular formula is C11H10FNO6. The monoisotopic (exact) mass is 271 g/mol. The maximum absolute atomic E-state index is 13.4.